The first-order valence-corrected chi connectivity index (χ1v) is 9.38. The summed E-state index contributed by atoms with van der Waals surface area (Å²) in [5.41, 5.74) is 0.573. The molecule has 5 atom stereocenters. The zero-order valence-electron chi connectivity index (χ0n) is 16.4. The van der Waals surface area contributed by atoms with Gasteiger partial charge in [-0.15, -0.1) is 0 Å². The Hall–Kier alpha value is -2.86. The van der Waals surface area contributed by atoms with Crippen LogP contribution in [0.15, 0.2) is 46.9 Å². The molecular weight excluding hydrogens is 448 g/mol. The fourth-order valence-corrected chi connectivity index (χ4v) is 3.38. The van der Waals surface area contributed by atoms with Crippen LogP contribution in [0.3, 0.4) is 0 Å². The molecule has 10 nitrogen and oxygen atoms in total. The fourth-order valence-electron chi connectivity index (χ4n) is 3.38. The zero-order valence-corrected chi connectivity index (χ0v) is 17.1. The third kappa shape index (κ3) is 4.37. The van der Waals surface area contributed by atoms with Crippen molar-refractivity contribution >= 4 is 11.0 Å². The molecule has 1 aromatic heterocycles. The van der Waals surface area contributed by atoms with Crippen LogP contribution in [0.5, 0.6) is 23.0 Å². The van der Waals surface area contributed by atoms with E-state index in [1.165, 1.54) is 36.4 Å². The molecule has 11 heteroatoms. The topological polar surface area (TPSA) is 171 Å². The van der Waals surface area contributed by atoms with Crippen molar-refractivity contribution in [1.29, 1.82) is 0 Å². The Morgan fingerprint density at radius 2 is 1.56 bits per heavy atom. The smallest absolute Gasteiger partial charge is 0.402 e. The Labute approximate surface area is 187 Å². The number of phenolic OH excluding ortho intramolecular Hbond substituents is 3. The summed E-state index contributed by atoms with van der Waals surface area (Å²) in [5, 5.41) is 69.4. The quantitative estimate of drug-likeness (QED) is 0.206. The summed E-state index contributed by atoms with van der Waals surface area (Å²) in [7, 11) is 0. The lowest BCUT2D eigenvalue weighted by Crippen LogP contribution is -3.00. The number of halogens is 1. The predicted molar refractivity (Wildman–Crippen MR) is 105 cm³/mol. The van der Waals surface area contributed by atoms with E-state index in [4.69, 9.17) is 13.9 Å². The number of hydrogen-bond donors (Lipinski definition) is 7. The van der Waals surface area contributed by atoms with Gasteiger partial charge in [0.25, 0.3) is 0 Å². The Kier molecular flexibility index (Phi) is 6.94. The van der Waals surface area contributed by atoms with E-state index in [1.807, 2.05) is 0 Å². The van der Waals surface area contributed by atoms with Gasteiger partial charge < -0.3 is 57.6 Å². The summed E-state index contributed by atoms with van der Waals surface area (Å²) in [5.74, 6) is -0.420. The van der Waals surface area contributed by atoms with Crippen LogP contribution in [0, 0.1) is 0 Å². The van der Waals surface area contributed by atoms with E-state index in [9.17, 15) is 35.7 Å². The summed E-state index contributed by atoms with van der Waals surface area (Å²) < 4.78 is 17.0. The van der Waals surface area contributed by atoms with E-state index in [-0.39, 0.29) is 52.1 Å². The van der Waals surface area contributed by atoms with Crippen LogP contribution in [0.2, 0.25) is 0 Å². The average Bonchev–Trinajstić information content (AvgIpc) is 2.74. The summed E-state index contributed by atoms with van der Waals surface area (Å²) in [6, 6.07) is 9.66. The van der Waals surface area contributed by atoms with Crippen LogP contribution < -0.4 is 17.1 Å². The van der Waals surface area contributed by atoms with Crippen LogP contribution in [0.1, 0.15) is 0 Å². The Morgan fingerprint density at radius 1 is 0.875 bits per heavy atom. The minimum Gasteiger partial charge on any atom is -1.00 e. The first kappa shape index (κ1) is 23.8. The molecule has 0 radical (unpaired) electrons. The van der Waals surface area contributed by atoms with Gasteiger partial charge >= 0.3 is 11.3 Å². The van der Waals surface area contributed by atoms with Crippen LogP contribution in [0.25, 0.3) is 22.3 Å². The second-order valence-corrected chi connectivity index (χ2v) is 7.18. The van der Waals surface area contributed by atoms with Crippen molar-refractivity contribution < 1.29 is 62.0 Å². The van der Waals surface area contributed by atoms with E-state index >= 15 is 0 Å². The molecule has 0 saturated carbocycles. The zero-order chi connectivity index (χ0) is 22.3. The number of aliphatic hydroxyl groups excluding tert-OH is 4. The lowest BCUT2D eigenvalue weighted by Gasteiger charge is -2.39. The number of ether oxygens (including phenoxy) is 2. The molecule has 0 bridgehead atoms. The van der Waals surface area contributed by atoms with Gasteiger partial charge in [0.05, 0.1) is 18.2 Å². The van der Waals surface area contributed by atoms with E-state index in [0.717, 1.165) is 6.07 Å². The second kappa shape index (κ2) is 9.33. The minimum atomic E-state index is -1.66. The van der Waals surface area contributed by atoms with Crippen molar-refractivity contribution in [2.24, 2.45) is 0 Å². The molecule has 172 valence electrons. The van der Waals surface area contributed by atoms with Gasteiger partial charge in [0, 0.05) is 12.1 Å². The van der Waals surface area contributed by atoms with Crippen molar-refractivity contribution in [3.63, 3.8) is 0 Å². The van der Waals surface area contributed by atoms with Crippen molar-refractivity contribution in [1.82, 2.24) is 0 Å². The monoisotopic (exact) mass is 468 g/mol. The maximum absolute atomic E-state index is 10.3. The standard InChI is InChI=1S/C21H20O10.ClH/c22-8-16-17(26)18(27)19(28)21(31-16)30-15-7-12-13(25)5-11(24)6-14(12)29-20(15)9-1-3-10(23)4-2-9;/h1-7,16-19,21-22,26-28H,8H2,(H2-,23,24,25);1H/t16-,17+,18+,19-,21-;/m1./s1. The Balaban J connectivity index is 0.00000289. The number of hydrogen-bond acceptors (Lipinski definition) is 9. The van der Waals surface area contributed by atoms with E-state index in [1.54, 1.807) is 0 Å². The number of rotatable bonds is 4. The molecular formula is C21H21ClO10. The van der Waals surface area contributed by atoms with Gasteiger partial charge in [-0.05, 0) is 24.3 Å². The number of benzene rings is 2. The maximum Gasteiger partial charge on any atom is 0.402 e. The molecule has 0 unspecified atom stereocenters. The summed E-state index contributed by atoms with van der Waals surface area (Å²) >= 11 is 0. The average molecular weight is 469 g/mol. The van der Waals surface area contributed by atoms with E-state index in [0.29, 0.717) is 5.56 Å². The van der Waals surface area contributed by atoms with E-state index in [2.05, 4.69) is 0 Å². The largest absolute Gasteiger partial charge is 1.00 e. The number of aliphatic hydroxyl groups is 4. The van der Waals surface area contributed by atoms with E-state index < -0.39 is 37.3 Å². The molecule has 2 heterocycles. The highest BCUT2D eigenvalue weighted by Gasteiger charge is 2.45. The highest BCUT2D eigenvalue weighted by molar-refractivity contribution is 5.88. The number of aromatic hydroxyl groups is 3. The Bertz CT molecular complexity index is 1090. The van der Waals surface area contributed by atoms with Crippen molar-refractivity contribution in [3.05, 3.63) is 42.5 Å². The van der Waals surface area contributed by atoms with Gasteiger partial charge in [0.1, 0.15) is 47.1 Å². The molecule has 32 heavy (non-hydrogen) atoms. The van der Waals surface area contributed by atoms with Crippen molar-refractivity contribution in [3.8, 4) is 34.3 Å². The molecule has 1 aliphatic heterocycles. The molecule has 1 aliphatic rings. The van der Waals surface area contributed by atoms with Gasteiger partial charge in [0.15, 0.2) is 0 Å². The van der Waals surface area contributed by atoms with Gasteiger partial charge in [-0.3, -0.25) is 0 Å². The summed E-state index contributed by atoms with van der Waals surface area (Å²) in [6.45, 7) is -0.627. The molecule has 3 aromatic rings. The summed E-state index contributed by atoms with van der Waals surface area (Å²) in [4.78, 5) is 0. The molecule has 4 rings (SSSR count). The van der Waals surface area contributed by atoms with Gasteiger partial charge in [-0.2, -0.15) is 0 Å². The van der Waals surface area contributed by atoms with Crippen molar-refractivity contribution in [2.45, 2.75) is 30.7 Å². The molecule has 7 N–H and O–H groups in total. The number of fused-ring (bicyclic) bond motifs is 1. The third-order valence-corrected chi connectivity index (χ3v) is 5.04. The summed E-state index contributed by atoms with van der Waals surface area (Å²) in [6.07, 6.45) is -7.52. The second-order valence-electron chi connectivity index (χ2n) is 7.18. The maximum atomic E-state index is 10.3. The van der Waals surface area contributed by atoms with Crippen molar-refractivity contribution in [2.75, 3.05) is 6.61 Å². The Morgan fingerprint density at radius 3 is 2.22 bits per heavy atom. The lowest BCUT2D eigenvalue weighted by molar-refractivity contribution is -0.277. The molecule has 1 fully saturated rings. The first-order valence-electron chi connectivity index (χ1n) is 9.38. The molecule has 0 amide bonds. The normalized spacial score (nSPS) is 25.3. The third-order valence-electron chi connectivity index (χ3n) is 5.04. The van der Waals surface area contributed by atoms with Crippen LogP contribution in [-0.2, 0) is 4.74 Å². The first-order chi connectivity index (χ1) is 14.8. The van der Waals surface area contributed by atoms with Gasteiger partial charge in [-0.25, -0.2) is 4.42 Å². The fraction of sp³-hybridized carbons (Fsp3) is 0.286. The SMILES string of the molecule is OC[C@H]1O[C@@H](Oc2cc3c(O)cc(O)cc3[o+]c2-c2ccc(O)cc2)[C@H](O)[C@@H](O)[C@H]1O.[Cl-]. The van der Waals surface area contributed by atoms with Gasteiger partial charge in [0.2, 0.25) is 12.0 Å². The predicted octanol–water partition coefficient (Wildman–Crippen LogP) is -2.32. The molecule has 2 aromatic carbocycles. The van der Waals surface area contributed by atoms with Gasteiger partial charge in [-0.1, -0.05) is 0 Å². The van der Waals surface area contributed by atoms with Crippen LogP contribution in [0.4, 0.5) is 0 Å². The highest BCUT2D eigenvalue weighted by Crippen LogP contribution is 2.40. The van der Waals surface area contributed by atoms with Crippen LogP contribution in [-0.4, -0.2) is 73.1 Å². The minimum absolute atomic E-state index is 0. The molecule has 0 spiro atoms. The number of phenols is 3. The molecule has 1 saturated heterocycles. The molecule has 0 aliphatic carbocycles. The lowest BCUT2D eigenvalue weighted by atomic mass is 9.99. The highest BCUT2D eigenvalue weighted by atomic mass is 35.5. The van der Waals surface area contributed by atoms with Crippen LogP contribution >= 0.6 is 0 Å².